The lowest BCUT2D eigenvalue weighted by atomic mass is 9.85. The lowest BCUT2D eigenvalue weighted by Gasteiger charge is -2.20. The Morgan fingerprint density at radius 3 is 2.50 bits per heavy atom. The van der Waals surface area contributed by atoms with Crippen LogP contribution in [0.5, 0.6) is 0 Å². The smallest absolute Gasteiger partial charge is 0.264 e. The summed E-state index contributed by atoms with van der Waals surface area (Å²) in [6.07, 6.45) is 3.23. The van der Waals surface area contributed by atoms with Gasteiger partial charge in [-0.05, 0) is 38.8 Å². The van der Waals surface area contributed by atoms with Gasteiger partial charge in [0, 0.05) is 23.0 Å². The SMILES string of the molecule is Cc1[nH]c(C)c(S(=O)(=O)Nc2ccccc2)c1-c1nnc(C2CCC2)o1. The van der Waals surface area contributed by atoms with E-state index in [2.05, 4.69) is 19.9 Å². The summed E-state index contributed by atoms with van der Waals surface area (Å²) in [4.78, 5) is 3.23. The van der Waals surface area contributed by atoms with E-state index in [0.717, 1.165) is 19.3 Å². The van der Waals surface area contributed by atoms with E-state index in [1.807, 2.05) is 6.07 Å². The summed E-state index contributed by atoms with van der Waals surface area (Å²) in [5.41, 5.74) is 2.14. The third kappa shape index (κ3) is 2.90. The van der Waals surface area contributed by atoms with Crippen molar-refractivity contribution in [1.29, 1.82) is 0 Å². The monoisotopic (exact) mass is 372 g/mol. The van der Waals surface area contributed by atoms with Crippen LogP contribution < -0.4 is 4.72 Å². The average Bonchev–Trinajstić information content (AvgIpc) is 3.10. The number of hydrogen-bond donors (Lipinski definition) is 2. The molecule has 1 aliphatic carbocycles. The number of anilines is 1. The molecule has 26 heavy (non-hydrogen) atoms. The highest BCUT2D eigenvalue weighted by Gasteiger charge is 2.31. The first-order valence-corrected chi connectivity index (χ1v) is 10.0. The number of sulfonamides is 1. The van der Waals surface area contributed by atoms with Crippen LogP contribution in [-0.4, -0.2) is 23.6 Å². The number of H-pyrrole nitrogens is 1. The molecule has 0 aliphatic heterocycles. The molecule has 1 aromatic carbocycles. The largest absolute Gasteiger partial charge is 0.420 e. The van der Waals surface area contributed by atoms with Crippen LogP contribution >= 0.6 is 0 Å². The van der Waals surface area contributed by atoms with E-state index in [-0.39, 0.29) is 10.8 Å². The lowest BCUT2D eigenvalue weighted by Crippen LogP contribution is -2.14. The topological polar surface area (TPSA) is 101 Å². The molecule has 136 valence electrons. The van der Waals surface area contributed by atoms with Crippen LogP contribution in [0.1, 0.15) is 42.5 Å². The zero-order valence-corrected chi connectivity index (χ0v) is 15.4. The van der Waals surface area contributed by atoms with Gasteiger partial charge >= 0.3 is 0 Å². The van der Waals surface area contributed by atoms with Gasteiger partial charge in [0.2, 0.25) is 5.89 Å². The maximum absolute atomic E-state index is 13.0. The third-order valence-electron chi connectivity index (χ3n) is 4.72. The molecule has 4 rings (SSSR count). The van der Waals surface area contributed by atoms with Crippen LogP contribution in [0.15, 0.2) is 39.6 Å². The first-order valence-electron chi connectivity index (χ1n) is 8.56. The quantitative estimate of drug-likeness (QED) is 0.710. The minimum atomic E-state index is -3.81. The first-order chi connectivity index (χ1) is 12.5. The Labute approximate surface area is 151 Å². The van der Waals surface area contributed by atoms with Crippen LogP contribution in [0.3, 0.4) is 0 Å². The van der Waals surface area contributed by atoms with E-state index in [4.69, 9.17) is 4.42 Å². The molecule has 2 heterocycles. The molecule has 0 saturated heterocycles. The second-order valence-electron chi connectivity index (χ2n) is 6.62. The fraction of sp³-hybridized carbons (Fsp3) is 0.333. The van der Waals surface area contributed by atoms with Crippen molar-refractivity contribution < 1.29 is 12.8 Å². The molecule has 0 radical (unpaired) electrons. The molecule has 0 spiro atoms. The van der Waals surface area contributed by atoms with Crippen molar-refractivity contribution in [3.05, 3.63) is 47.6 Å². The zero-order valence-electron chi connectivity index (χ0n) is 14.6. The summed E-state index contributed by atoms with van der Waals surface area (Å²) >= 11 is 0. The zero-order chi connectivity index (χ0) is 18.3. The van der Waals surface area contributed by atoms with Gasteiger partial charge in [0.05, 0.1) is 5.56 Å². The number of hydrogen-bond acceptors (Lipinski definition) is 5. The summed E-state index contributed by atoms with van der Waals surface area (Å²) in [5.74, 6) is 1.12. The van der Waals surface area contributed by atoms with Crippen LogP contribution in [0.2, 0.25) is 0 Å². The molecule has 0 atom stereocenters. The molecule has 7 nitrogen and oxygen atoms in total. The third-order valence-corrected chi connectivity index (χ3v) is 6.27. The summed E-state index contributed by atoms with van der Waals surface area (Å²) in [6.45, 7) is 3.52. The number of aromatic nitrogens is 3. The van der Waals surface area contributed by atoms with Gasteiger partial charge < -0.3 is 9.40 Å². The number of nitrogens with one attached hydrogen (secondary N) is 2. The van der Waals surface area contributed by atoms with E-state index in [1.165, 1.54) is 0 Å². The number of nitrogens with zero attached hydrogens (tertiary/aromatic N) is 2. The highest BCUT2D eigenvalue weighted by Crippen LogP contribution is 2.38. The number of benzene rings is 1. The van der Waals surface area contributed by atoms with Crippen molar-refractivity contribution in [3.8, 4) is 11.5 Å². The number of aryl methyl sites for hydroxylation is 2. The summed E-state index contributed by atoms with van der Waals surface area (Å²) < 4.78 is 34.5. The summed E-state index contributed by atoms with van der Waals surface area (Å²) in [7, 11) is -3.81. The van der Waals surface area contributed by atoms with Crippen molar-refractivity contribution in [1.82, 2.24) is 15.2 Å². The maximum atomic E-state index is 13.0. The lowest BCUT2D eigenvalue weighted by molar-refractivity contribution is 0.338. The van der Waals surface area contributed by atoms with Gasteiger partial charge in [-0.15, -0.1) is 10.2 Å². The van der Waals surface area contributed by atoms with E-state index in [9.17, 15) is 8.42 Å². The Bertz CT molecular complexity index is 1030. The Hall–Kier alpha value is -2.61. The highest BCUT2D eigenvalue weighted by atomic mass is 32.2. The fourth-order valence-electron chi connectivity index (χ4n) is 3.22. The minimum absolute atomic E-state index is 0.141. The van der Waals surface area contributed by atoms with Gasteiger partial charge in [0.25, 0.3) is 15.9 Å². The van der Waals surface area contributed by atoms with Gasteiger partial charge in [-0.25, -0.2) is 8.42 Å². The van der Waals surface area contributed by atoms with Crippen molar-refractivity contribution in [2.45, 2.75) is 43.9 Å². The molecule has 1 saturated carbocycles. The van der Waals surface area contributed by atoms with E-state index >= 15 is 0 Å². The first kappa shape index (κ1) is 16.8. The highest BCUT2D eigenvalue weighted by molar-refractivity contribution is 7.93. The van der Waals surface area contributed by atoms with Gasteiger partial charge in [-0.1, -0.05) is 24.6 Å². The minimum Gasteiger partial charge on any atom is -0.420 e. The van der Waals surface area contributed by atoms with E-state index in [1.54, 1.807) is 38.1 Å². The molecule has 2 aromatic heterocycles. The predicted molar refractivity (Wildman–Crippen MR) is 97.4 cm³/mol. The van der Waals surface area contributed by atoms with Gasteiger partial charge in [-0.3, -0.25) is 4.72 Å². The standard InChI is InChI=1S/C18H20N4O3S/c1-11-15(18-21-20-17(25-18)13-7-6-8-13)16(12(2)19-11)26(23,24)22-14-9-4-3-5-10-14/h3-5,9-10,13,19,22H,6-8H2,1-2H3. The molecule has 1 fully saturated rings. The van der Waals surface area contributed by atoms with Gasteiger partial charge in [0.1, 0.15) is 4.90 Å². The van der Waals surface area contributed by atoms with E-state index < -0.39 is 10.0 Å². The molecular formula is C18H20N4O3S. The van der Waals surface area contributed by atoms with E-state index in [0.29, 0.717) is 34.4 Å². The van der Waals surface area contributed by atoms with Crippen molar-refractivity contribution >= 4 is 15.7 Å². The van der Waals surface area contributed by atoms with Gasteiger partial charge in [-0.2, -0.15) is 0 Å². The van der Waals surface area contributed by atoms with Crippen molar-refractivity contribution in [3.63, 3.8) is 0 Å². The molecule has 0 amide bonds. The molecular weight excluding hydrogens is 352 g/mol. The average molecular weight is 372 g/mol. The molecule has 3 aromatic rings. The van der Waals surface area contributed by atoms with Crippen LogP contribution in [0.4, 0.5) is 5.69 Å². The Balaban J connectivity index is 1.76. The Kier molecular flexibility index (Phi) is 4.07. The van der Waals surface area contributed by atoms with Gasteiger partial charge in [0.15, 0.2) is 0 Å². The Morgan fingerprint density at radius 2 is 1.85 bits per heavy atom. The number of rotatable bonds is 5. The van der Waals surface area contributed by atoms with Crippen LogP contribution in [0.25, 0.3) is 11.5 Å². The number of aromatic amines is 1. The molecule has 1 aliphatic rings. The molecule has 8 heteroatoms. The maximum Gasteiger partial charge on any atom is 0.264 e. The molecule has 0 unspecified atom stereocenters. The summed E-state index contributed by atoms with van der Waals surface area (Å²) in [5, 5.41) is 8.24. The fourth-order valence-corrected chi connectivity index (χ4v) is 4.73. The predicted octanol–water partition coefficient (Wildman–Crippen LogP) is 3.75. The molecule has 2 N–H and O–H groups in total. The van der Waals surface area contributed by atoms with Crippen LogP contribution in [-0.2, 0) is 10.0 Å². The molecule has 0 bridgehead atoms. The van der Waals surface area contributed by atoms with Crippen molar-refractivity contribution in [2.75, 3.05) is 4.72 Å². The normalized spacial score (nSPS) is 15.0. The second-order valence-corrected chi connectivity index (χ2v) is 8.24. The van der Waals surface area contributed by atoms with Crippen molar-refractivity contribution in [2.24, 2.45) is 0 Å². The van der Waals surface area contributed by atoms with Crippen LogP contribution in [0, 0.1) is 13.8 Å². The summed E-state index contributed by atoms with van der Waals surface area (Å²) in [6, 6.07) is 8.78. The Morgan fingerprint density at radius 1 is 1.12 bits per heavy atom. The number of para-hydroxylation sites is 1. The second kappa shape index (κ2) is 6.28.